The Balaban J connectivity index is 1.73. The molecule has 2 heterocycles. The number of aromatic amines is 1. The summed E-state index contributed by atoms with van der Waals surface area (Å²) in [4.78, 5) is 7.93. The van der Waals surface area contributed by atoms with Crippen molar-refractivity contribution in [2.75, 3.05) is 7.11 Å². The van der Waals surface area contributed by atoms with E-state index in [1.165, 1.54) is 0 Å². The van der Waals surface area contributed by atoms with Crippen molar-refractivity contribution in [3.05, 3.63) is 95.3 Å². The van der Waals surface area contributed by atoms with Crippen molar-refractivity contribution in [2.24, 2.45) is 0 Å². The number of H-pyrrole nitrogens is 1. The van der Waals surface area contributed by atoms with Gasteiger partial charge in [0.2, 0.25) is 0 Å². The maximum absolute atomic E-state index is 10.1. The highest BCUT2D eigenvalue weighted by Gasteiger charge is 2.23. The van der Waals surface area contributed by atoms with Crippen molar-refractivity contribution in [3.8, 4) is 17.6 Å². The molecular formula is C26H19N3O2. The molecule has 5 rings (SSSR count). The molecule has 0 fully saturated rings. The van der Waals surface area contributed by atoms with Crippen LogP contribution in [0, 0.1) is 18.3 Å². The second kappa shape index (κ2) is 7.51. The van der Waals surface area contributed by atoms with Crippen molar-refractivity contribution >= 4 is 27.9 Å². The lowest BCUT2D eigenvalue weighted by molar-refractivity contribution is 0.414. The minimum absolute atomic E-state index is 0.470. The largest absolute Gasteiger partial charge is 0.497 e. The Kier molecular flexibility index (Phi) is 4.53. The van der Waals surface area contributed by atoms with Gasteiger partial charge in [-0.15, -0.1) is 0 Å². The molecule has 1 N–H and O–H groups in total. The van der Waals surface area contributed by atoms with Gasteiger partial charge in [0.15, 0.2) is 0 Å². The third-order valence-electron chi connectivity index (χ3n) is 5.30. The fourth-order valence-corrected chi connectivity index (χ4v) is 3.72. The zero-order valence-electron chi connectivity index (χ0n) is 17.1. The number of aryl methyl sites for hydroxylation is 1. The Bertz CT molecular complexity index is 1370. The van der Waals surface area contributed by atoms with Crippen LogP contribution in [-0.4, -0.2) is 17.1 Å². The SMILES string of the molecule is COc1ccc(C2=CC(=C(C#N)c3nc4ccccc4[nH]3)c3cc(C)ccc3O2)cc1. The highest BCUT2D eigenvalue weighted by Crippen LogP contribution is 2.41. The third-order valence-corrected chi connectivity index (χ3v) is 5.30. The van der Waals surface area contributed by atoms with Crippen molar-refractivity contribution in [1.82, 2.24) is 9.97 Å². The number of nitrogens with zero attached hydrogens (tertiary/aromatic N) is 2. The van der Waals surface area contributed by atoms with E-state index in [2.05, 4.69) is 16.0 Å². The van der Waals surface area contributed by atoms with Crippen LogP contribution in [0.3, 0.4) is 0 Å². The van der Waals surface area contributed by atoms with Crippen molar-refractivity contribution < 1.29 is 9.47 Å². The summed E-state index contributed by atoms with van der Waals surface area (Å²) >= 11 is 0. The normalized spacial score (nSPS) is 14.3. The molecule has 31 heavy (non-hydrogen) atoms. The molecule has 0 unspecified atom stereocenters. The number of para-hydroxylation sites is 2. The highest BCUT2D eigenvalue weighted by molar-refractivity contribution is 6.05. The minimum Gasteiger partial charge on any atom is -0.497 e. The Hall–Kier alpha value is -4.30. The number of hydrogen-bond acceptors (Lipinski definition) is 4. The molecule has 1 aromatic heterocycles. The van der Waals surface area contributed by atoms with Crippen LogP contribution >= 0.6 is 0 Å². The summed E-state index contributed by atoms with van der Waals surface area (Å²) in [5.41, 5.74) is 5.81. The lowest BCUT2D eigenvalue weighted by Crippen LogP contribution is -2.05. The van der Waals surface area contributed by atoms with Gasteiger partial charge in [0.05, 0.1) is 18.1 Å². The first-order chi connectivity index (χ1) is 15.2. The van der Waals surface area contributed by atoms with Gasteiger partial charge in [-0.2, -0.15) is 5.26 Å². The molecular weight excluding hydrogens is 386 g/mol. The van der Waals surface area contributed by atoms with E-state index >= 15 is 0 Å². The Labute approximate surface area is 179 Å². The number of ether oxygens (including phenoxy) is 2. The first kappa shape index (κ1) is 18.7. The van der Waals surface area contributed by atoms with Gasteiger partial charge in [-0.1, -0.05) is 23.8 Å². The first-order valence-corrected chi connectivity index (χ1v) is 9.91. The van der Waals surface area contributed by atoms with Gasteiger partial charge in [0, 0.05) is 16.7 Å². The van der Waals surface area contributed by atoms with Crippen LogP contribution in [0.15, 0.2) is 72.8 Å². The van der Waals surface area contributed by atoms with E-state index < -0.39 is 0 Å². The van der Waals surface area contributed by atoms with E-state index in [0.717, 1.165) is 39.0 Å². The van der Waals surface area contributed by atoms with E-state index in [1.807, 2.05) is 79.7 Å². The predicted molar refractivity (Wildman–Crippen MR) is 121 cm³/mol. The summed E-state index contributed by atoms with van der Waals surface area (Å²) in [6, 6.07) is 23.7. The number of aromatic nitrogens is 2. The molecule has 0 saturated carbocycles. The molecule has 5 nitrogen and oxygen atoms in total. The Morgan fingerprint density at radius 2 is 1.87 bits per heavy atom. The molecule has 5 heteroatoms. The van der Waals surface area contributed by atoms with Gasteiger partial charge >= 0.3 is 0 Å². The molecule has 0 spiro atoms. The number of imidazole rings is 1. The summed E-state index contributed by atoms with van der Waals surface area (Å²) < 4.78 is 11.5. The summed E-state index contributed by atoms with van der Waals surface area (Å²) in [6.45, 7) is 2.02. The van der Waals surface area contributed by atoms with Crippen LogP contribution in [0.1, 0.15) is 22.5 Å². The van der Waals surface area contributed by atoms with Gasteiger partial charge in [-0.25, -0.2) is 4.98 Å². The fourth-order valence-electron chi connectivity index (χ4n) is 3.72. The molecule has 150 valence electrons. The molecule has 0 bridgehead atoms. The topological polar surface area (TPSA) is 70.9 Å². The molecule has 0 atom stereocenters. The molecule has 1 aliphatic heterocycles. The molecule has 0 saturated heterocycles. The number of fused-ring (bicyclic) bond motifs is 2. The number of allylic oxidation sites excluding steroid dienone is 3. The van der Waals surface area contributed by atoms with Crippen LogP contribution < -0.4 is 9.47 Å². The van der Waals surface area contributed by atoms with Gasteiger partial charge in [-0.3, -0.25) is 0 Å². The molecule has 0 radical (unpaired) electrons. The summed E-state index contributed by atoms with van der Waals surface area (Å²) in [5, 5.41) is 10.1. The van der Waals surface area contributed by atoms with Gasteiger partial charge < -0.3 is 14.5 Å². The average Bonchev–Trinajstić information content (AvgIpc) is 3.23. The number of benzene rings is 3. The zero-order chi connectivity index (χ0) is 21.4. The van der Waals surface area contributed by atoms with Crippen molar-refractivity contribution in [3.63, 3.8) is 0 Å². The average molecular weight is 405 g/mol. The molecule has 3 aromatic carbocycles. The standard InChI is InChI=1S/C26H19N3O2/c1-16-7-12-24-20(13-16)19(14-25(31-24)17-8-10-18(30-2)11-9-17)21(15-27)26-28-22-5-3-4-6-23(22)29-26/h3-14H,1-2H3,(H,28,29). The van der Waals surface area contributed by atoms with Crippen LogP contribution in [0.4, 0.5) is 0 Å². The quantitative estimate of drug-likeness (QED) is 0.441. The van der Waals surface area contributed by atoms with Gasteiger partial charge in [-0.05, 0) is 61.5 Å². The van der Waals surface area contributed by atoms with Crippen LogP contribution in [0.25, 0.3) is 27.9 Å². The molecule has 0 amide bonds. The summed E-state index contributed by atoms with van der Waals surface area (Å²) in [5.74, 6) is 2.68. The lowest BCUT2D eigenvalue weighted by Gasteiger charge is -2.22. The molecule has 0 aliphatic carbocycles. The third kappa shape index (κ3) is 3.34. The molecule has 4 aromatic rings. The zero-order valence-corrected chi connectivity index (χ0v) is 17.1. The van der Waals surface area contributed by atoms with Crippen LogP contribution in [0.5, 0.6) is 11.5 Å². The molecule has 1 aliphatic rings. The number of nitrogens with one attached hydrogen (secondary N) is 1. The van der Waals surface area contributed by atoms with E-state index in [-0.39, 0.29) is 0 Å². The Morgan fingerprint density at radius 3 is 2.61 bits per heavy atom. The van der Waals surface area contributed by atoms with Crippen molar-refractivity contribution in [2.45, 2.75) is 6.92 Å². The van der Waals surface area contributed by atoms with E-state index in [0.29, 0.717) is 22.9 Å². The van der Waals surface area contributed by atoms with Crippen LogP contribution in [0.2, 0.25) is 0 Å². The lowest BCUT2D eigenvalue weighted by atomic mass is 9.94. The van der Waals surface area contributed by atoms with E-state index in [9.17, 15) is 5.26 Å². The second-order valence-electron chi connectivity index (χ2n) is 7.34. The maximum atomic E-state index is 10.1. The number of hydrogen-bond donors (Lipinski definition) is 1. The Morgan fingerprint density at radius 1 is 1.06 bits per heavy atom. The second-order valence-corrected chi connectivity index (χ2v) is 7.34. The van der Waals surface area contributed by atoms with Crippen molar-refractivity contribution in [1.29, 1.82) is 5.26 Å². The van der Waals surface area contributed by atoms with E-state index in [4.69, 9.17) is 9.47 Å². The smallest absolute Gasteiger partial charge is 0.149 e. The van der Waals surface area contributed by atoms with Gasteiger partial charge in [0.25, 0.3) is 0 Å². The summed E-state index contributed by atoms with van der Waals surface area (Å²) in [6.07, 6.45) is 1.91. The maximum Gasteiger partial charge on any atom is 0.149 e. The van der Waals surface area contributed by atoms with Crippen LogP contribution in [-0.2, 0) is 0 Å². The minimum atomic E-state index is 0.470. The number of rotatable bonds is 3. The number of nitriles is 1. The van der Waals surface area contributed by atoms with E-state index in [1.54, 1.807) is 7.11 Å². The first-order valence-electron chi connectivity index (χ1n) is 9.91. The monoisotopic (exact) mass is 405 g/mol. The predicted octanol–water partition coefficient (Wildman–Crippen LogP) is 5.75. The highest BCUT2D eigenvalue weighted by atomic mass is 16.5. The number of methoxy groups -OCH3 is 1. The van der Waals surface area contributed by atoms with Gasteiger partial charge in [0.1, 0.15) is 34.7 Å². The fraction of sp³-hybridized carbons (Fsp3) is 0.0769. The summed E-state index contributed by atoms with van der Waals surface area (Å²) in [7, 11) is 1.64.